The van der Waals surface area contributed by atoms with E-state index in [0.29, 0.717) is 11.1 Å². The van der Waals surface area contributed by atoms with Gasteiger partial charge in [-0.1, -0.05) is 48.5 Å². The molecule has 0 aliphatic rings. The van der Waals surface area contributed by atoms with E-state index in [9.17, 15) is 9.18 Å². The third-order valence-electron chi connectivity index (χ3n) is 5.04. The predicted octanol–water partition coefficient (Wildman–Crippen LogP) is 4.69. The summed E-state index contributed by atoms with van der Waals surface area (Å²) in [5.74, 6) is -0.230. The standard InChI is InChI=1S/C24H17FN4O/c1-16-9-5-8-14-21(16)29-23(18-12-6-7-13-20(18)25)26-22-19(24(29)30)15-28(27-22)17-10-3-2-4-11-17/h2-15H,1H3. The second-order valence-corrected chi connectivity index (χ2v) is 6.99. The first-order chi connectivity index (χ1) is 14.6. The summed E-state index contributed by atoms with van der Waals surface area (Å²) in [5, 5.41) is 4.85. The molecule has 6 heteroatoms. The summed E-state index contributed by atoms with van der Waals surface area (Å²) in [6, 6.07) is 23.3. The average molecular weight is 396 g/mol. The lowest BCUT2D eigenvalue weighted by Crippen LogP contribution is -2.22. The molecule has 0 spiro atoms. The minimum atomic E-state index is -0.450. The molecule has 0 aliphatic carbocycles. The minimum absolute atomic E-state index is 0.221. The molecule has 146 valence electrons. The van der Waals surface area contributed by atoms with Gasteiger partial charge in [0.15, 0.2) is 11.5 Å². The monoisotopic (exact) mass is 396 g/mol. The Balaban J connectivity index is 1.87. The molecule has 0 amide bonds. The van der Waals surface area contributed by atoms with Gasteiger partial charge >= 0.3 is 0 Å². The molecule has 5 aromatic rings. The van der Waals surface area contributed by atoms with Crippen molar-refractivity contribution in [2.24, 2.45) is 0 Å². The fraction of sp³-hybridized carbons (Fsp3) is 0.0417. The van der Waals surface area contributed by atoms with Gasteiger partial charge < -0.3 is 0 Å². The minimum Gasteiger partial charge on any atom is -0.268 e. The van der Waals surface area contributed by atoms with Crippen molar-refractivity contribution in [3.05, 3.63) is 107 Å². The van der Waals surface area contributed by atoms with E-state index in [2.05, 4.69) is 10.1 Å². The van der Waals surface area contributed by atoms with Crippen LogP contribution in [0.25, 0.3) is 33.8 Å². The number of aryl methyl sites for hydroxylation is 1. The summed E-state index contributed by atoms with van der Waals surface area (Å²) in [5.41, 5.74) is 2.57. The van der Waals surface area contributed by atoms with Crippen LogP contribution < -0.4 is 5.56 Å². The van der Waals surface area contributed by atoms with Crippen molar-refractivity contribution in [2.75, 3.05) is 0 Å². The molecule has 30 heavy (non-hydrogen) atoms. The molecule has 2 heterocycles. The quantitative estimate of drug-likeness (QED) is 0.445. The van der Waals surface area contributed by atoms with E-state index in [1.54, 1.807) is 29.1 Å². The third-order valence-corrected chi connectivity index (χ3v) is 5.04. The van der Waals surface area contributed by atoms with Gasteiger partial charge in [0.2, 0.25) is 0 Å². The molecule has 0 unspecified atom stereocenters. The van der Waals surface area contributed by atoms with Crippen LogP contribution >= 0.6 is 0 Å². The summed E-state index contributed by atoms with van der Waals surface area (Å²) in [7, 11) is 0. The predicted molar refractivity (Wildman–Crippen MR) is 115 cm³/mol. The number of hydrogen-bond acceptors (Lipinski definition) is 3. The number of rotatable bonds is 3. The van der Waals surface area contributed by atoms with Gasteiger partial charge in [-0.2, -0.15) is 0 Å². The smallest absolute Gasteiger partial charge is 0.268 e. The van der Waals surface area contributed by atoms with Crippen molar-refractivity contribution < 1.29 is 4.39 Å². The highest BCUT2D eigenvalue weighted by Crippen LogP contribution is 2.25. The van der Waals surface area contributed by atoms with E-state index in [1.807, 2.05) is 61.5 Å². The van der Waals surface area contributed by atoms with Crippen LogP contribution in [-0.2, 0) is 0 Å². The first kappa shape index (κ1) is 18.0. The van der Waals surface area contributed by atoms with E-state index in [1.165, 1.54) is 10.6 Å². The van der Waals surface area contributed by atoms with Gasteiger partial charge in [-0.25, -0.2) is 14.1 Å². The lowest BCUT2D eigenvalue weighted by molar-refractivity contribution is 0.629. The molecule has 0 saturated heterocycles. The Hall–Kier alpha value is -4.06. The molecule has 0 saturated carbocycles. The van der Waals surface area contributed by atoms with Gasteiger partial charge in [-0.05, 0) is 42.8 Å². The average Bonchev–Trinajstić information content (AvgIpc) is 3.20. The van der Waals surface area contributed by atoms with Crippen molar-refractivity contribution in [1.82, 2.24) is 19.3 Å². The Morgan fingerprint density at radius 3 is 2.33 bits per heavy atom. The number of para-hydroxylation sites is 2. The van der Waals surface area contributed by atoms with Gasteiger partial charge in [0, 0.05) is 6.20 Å². The number of aromatic nitrogens is 4. The number of nitrogens with zero attached hydrogens (tertiary/aromatic N) is 4. The number of benzene rings is 3. The molecule has 2 aromatic heterocycles. The van der Waals surface area contributed by atoms with E-state index < -0.39 is 5.82 Å². The zero-order chi connectivity index (χ0) is 20.7. The number of halogens is 1. The first-order valence-electron chi connectivity index (χ1n) is 9.52. The van der Waals surface area contributed by atoms with Crippen LogP contribution in [0.3, 0.4) is 0 Å². The zero-order valence-electron chi connectivity index (χ0n) is 16.2. The van der Waals surface area contributed by atoms with Gasteiger partial charge in [-0.3, -0.25) is 9.36 Å². The molecule has 0 atom stereocenters. The SMILES string of the molecule is Cc1ccccc1-n1c(-c2ccccc2F)nc2nn(-c3ccccc3)cc2c1=O. The van der Waals surface area contributed by atoms with Crippen LogP contribution in [0.15, 0.2) is 89.9 Å². The van der Waals surface area contributed by atoms with Crippen LogP contribution in [0.4, 0.5) is 4.39 Å². The molecule has 0 aliphatic heterocycles. The summed E-state index contributed by atoms with van der Waals surface area (Å²) in [6.07, 6.45) is 1.67. The fourth-order valence-corrected chi connectivity index (χ4v) is 3.54. The molecular weight excluding hydrogens is 379 g/mol. The highest BCUT2D eigenvalue weighted by molar-refractivity contribution is 5.77. The number of fused-ring (bicyclic) bond motifs is 1. The van der Waals surface area contributed by atoms with Gasteiger partial charge in [0.25, 0.3) is 5.56 Å². The summed E-state index contributed by atoms with van der Waals surface area (Å²) in [4.78, 5) is 18.2. The lowest BCUT2D eigenvalue weighted by atomic mass is 10.1. The molecule has 5 rings (SSSR count). The van der Waals surface area contributed by atoms with Crippen LogP contribution in [0.5, 0.6) is 0 Å². The summed E-state index contributed by atoms with van der Waals surface area (Å²) < 4.78 is 17.8. The van der Waals surface area contributed by atoms with Crippen molar-refractivity contribution in [1.29, 1.82) is 0 Å². The van der Waals surface area contributed by atoms with E-state index >= 15 is 0 Å². The van der Waals surface area contributed by atoms with Gasteiger partial charge in [0.1, 0.15) is 11.2 Å². The van der Waals surface area contributed by atoms with E-state index in [-0.39, 0.29) is 22.6 Å². The molecule has 0 radical (unpaired) electrons. The summed E-state index contributed by atoms with van der Waals surface area (Å²) in [6.45, 7) is 1.91. The van der Waals surface area contributed by atoms with Crippen LogP contribution in [0.2, 0.25) is 0 Å². The van der Waals surface area contributed by atoms with Crippen molar-refractivity contribution in [3.63, 3.8) is 0 Å². The molecule has 0 N–H and O–H groups in total. The summed E-state index contributed by atoms with van der Waals surface area (Å²) >= 11 is 0. The van der Waals surface area contributed by atoms with Crippen molar-refractivity contribution in [2.45, 2.75) is 6.92 Å². The zero-order valence-corrected chi connectivity index (χ0v) is 16.2. The Bertz CT molecular complexity index is 1440. The Morgan fingerprint density at radius 2 is 1.57 bits per heavy atom. The van der Waals surface area contributed by atoms with Crippen LogP contribution in [0.1, 0.15) is 5.56 Å². The second-order valence-electron chi connectivity index (χ2n) is 6.99. The molecule has 3 aromatic carbocycles. The molecular formula is C24H17FN4O. The van der Waals surface area contributed by atoms with Gasteiger partial charge in [-0.15, -0.1) is 5.10 Å². The van der Waals surface area contributed by atoms with Crippen LogP contribution in [-0.4, -0.2) is 19.3 Å². The third kappa shape index (κ3) is 2.90. The van der Waals surface area contributed by atoms with Crippen LogP contribution in [0, 0.1) is 12.7 Å². The van der Waals surface area contributed by atoms with Crippen molar-refractivity contribution >= 4 is 11.0 Å². The fourth-order valence-electron chi connectivity index (χ4n) is 3.54. The Kier molecular flexibility index (Phi) is 4.25. The normalized spacial score (nSPS) is 11.1. The maximum absolute atomic E-state index is 14.7. The van der Waals surface area contributed by atoms with E-state index in [4.69, 9.17) is 0 Å². The largest absolute Gasteiger partial charge is 0.269 e. The van der Waals surface area contributed by atoms with E-state index in [0.717, 1.165) is 11.3 Å². The van der Waals surface area contributed by atoms with Gasteiger partial charge in [0.05, 0.1) is 16.9 Å². The second kappa shape index (κ2) is 7.08. The molecule has 5 nitrogen and oxygen atoms in total. The maximum Gasteiger partial charge on any atom is 0.269 e. The highest BCUT2D eigenvalue weighted by Gasteiger charge is 2.20. The Labute approximate surface area is 171 Å². The topological polar surface area (TPSA) is 52.7 Å². The Morgan fingerprint density at radius 1 is 0.867 bits per heavy atom. The lowest BCUT2D eigenvalue weighted by Gasteiger charge is -2.14. The maximum atomic E-state index is 14.7. The highest BCUT2D eigenvalue weighted by atomic mass is 19.1. The van der Waals surface area contributed by atoms with Crippen molar-refractivity contribution in [3.8, 4) is 22.8 Å². The molecule has 0 fully saturated rings. The first-order valence-corrected chi connectivity index (χ1v) is 9.52. The molecule has 0 bridgehead atoms. The number of hydrogen-bond donors (Lipinski definition) is 0.